The number of amides is 1. The SMILES string of the molecule is O=C(CSc1nc2ccsc2c(=O)n1Cc1ccccc1)Nc1ccc(F)c(Cl)c1. The molecule has 0 atom stereocenters. The number of anilines is 1. The smallest absolute Gasteiger partial charge is 0.272 e. The molecule has 9 heteroatoms. The number of nitrogens with one attached hydrogen (secondary N) is 1. The number of benzene rings is 2. The van der Waals surface area contributed by atoms with Crippen LogP contribution in [0.25, 0.3) is 10.2 Å². The number of thiophene rings is 1. The Morgan fingerprint density at radius 1 is 1.20 bits per heavy atom. The molecule has 5 nitrogen and oxygen atoms in total. The second-order valence-corrected chi connectivity index (χ2v) is 8.64. The monoisotopic (exact) mass is 459 g/mol. The van der Waals surface area contributed by atoms with Crippen LogP contribution < -0.4 is 10.9 Å². The van der Waals surface area contributed by atoms with Gasteiger partial charge in [0.05, 0.1) is 22.8 Å². The van der Waals surface area contributed by atoms with Crippen LogP contribution in [-0.4, -0.2) is 21.2 Å². The summed E-state index contributed by atoms with van der Waals surface area (Å²) in [6.07, 6.45) is 0. The Kier molecular flexibility index (Phi) is 6.17. The molecular formula is C21H15ClFN3O2S2. The minimum Gasteiger partial charge on any atom is -0.325 e. The van der Waals surface area contributed by atoms with E-state index in [1.807, 2.05) is 35.7 Å². The molecule has 2 heterocycles. The number of nitrogens with zero attached hydrogens (tertiary/aromatic N) is 2. The third-order valence-electron chi connectivity index (χ3n) is 4.25. The minimum atomic E-state index is -0.553. The van der Waals surface area contributed by atoms with Crippen LogP contribution >= 0.6 is 34.7 Å². The second kappa shape index (κ2) is 8.99. The Bertz CT molecular complexity index is 1270. The third kappa shape index (κ3) is 4.56. The molecule has 0 aliphatic heterocycles. The molecule has 2 aromatic heterocycles. The van der Waals surface area contributed by atoms with Crippen molar-refractivity contribution in [1.82, 2.24) is 9.55 Å². The molecule has 0 unspecified atom stereocenters. The van der Waals surface area contributed by atoms with Crippen molar-refractivity contribution < 1.29 is 9.18 Å². The maximum absolute atomic E-state index is 13.3. The molecule has 0 fully saturated rings. The lowest BCUT2D eigenvalue weighted by Crippen LogP contribution is -2.24. The van der Waals surface area contributed by atoms with Gasteiger partial charge in [0.2, 0.25) is 5.91 Å². The van der Waals surface area contributed by atoms with Gasteiger partial charge in [0, 0.05) is 5.69 Å². The Balaban J connectivity index is 1.56. The lowest BCUT2D eigenvalue weighted by Gasteiger charge is -2.12. The fourth-order valence-corrected chi connectivity index (χ4v) is 4.60. The molecule has 0 aliphatic carbocycles. The van der Waals surface area contributed by atoms with Crippen molar-refractivity contribution in [3.05, 3.63) is 86.7 Å². The maximum Gasteiger partial charge on any atom is 0.272 e. The average Bonchev–Trinajstić information content (AvgIpc) is 3.21. The summed E-state index contributed by atoms with van der Waals surface area (Å²) in [5, 5.41) is 4.89. The Morgan fingerprint density at radius 2 is 2.00 bits per heavy atom. The van der Waals surface area contributed by atoms with Crippen molar-refractivity contribution in [3.63, 3.8) is 0 Å². The third-order valence-corrected chi connectivity index (χ3v) is 6.41. The number of fused-ring (bicyclic) bond motifs is 1. The van der Waals surface area contributed by atoms with Crippen LogP contribution in [0, 0.1) is 5.82 Å². The first-order valence-corrected chi connectivity index (χ1v) is 11.2. The highest BCUT2D eigenvalue weighted by molar-refractivity contribution is 7.99. The minimum absolute atomic E-state index is 0.0336. The van der Waals surface area contributed by atoms with E-state index in [-0.39, 0.29) is 22.2 Å². The Labute approximate surface area is 184 Å². The highest BCUT2D eigenvalue weighted by atomic mass is 35.5. The fourth-order valence-electron chi connectivity index (χ4n) is 2.84. The normalized spacial score (nSPS) is 11.0. The zero-order valence-electron chi connectivity index (χ0n) is 15.5. The molecule has 4 aromatic rings. The first kappa shape index (κ1) is 20.6. The molecule has 1 amide bonds. The Morgan fingerprint density at radius 3 is 2.77 bits per heavy atom. The van der Waals surface area contributed by atoms with Gasteiger partial charge in [0.15, 0.2) is 5.16 Å². The largest absolute Gasteiger partial charge is 0.325 e. The van der Waals surface area contributed by atoms with Crippen LogP contribution in [0.5, 0.6) is 0 Å². The summed E-state index contributed by atoms with van der Waals surface area (Å²) in [7, 11) is 0. The summed E-state index contributed by atoms with van der Waals surface area (Å²) in [5.41, 5.74) is 1.84. The number of aromatic nitrogens is 2. The lowest BCUT2D eigenvalue weighted by molar-refractivity contribution is -0.113. The standard InChI is InChI=1S/C21H15ClFN3O2S2/c22-15-10-14(6-7-16(15)23)24-18(27)12-30-21-25-17-8-9-29-19(17)20(28)26(21)11-13-4-2-1-3-5-13/h1-10H,11-12H2,(H,24,27). The summed E-state index contributed by atoms with van der Waals surface area (Å²) in [5.74, 6) is -0.831. The summed E-state index contributed by atoms with van der Waals surface area (Å²) in [6, 6.07) is 15.4. The zero-order chi connectivity index (χ0) is 21.1. The van der Waals surface area contributed by atoms with Crippen molar-refractivity contribution in [1.29, 1.82) is 0 Å². The van der Waals surface area contributed by atoms with Gasteiger partial charge >= 0.3 is 0 Å². The molecule has 0 saturated carbocycles. The van der Waals surface area contributed by atoms with E-state index in [9.17, 15) is 14.0 Å². The lowest BCUT2D eigenvalue weighted by atomic mass is 10.2. The van der Waals surface area contributed by atoms with E-state index in [1.54, 1.807) is 10.6 Å². The van der Waals surface area contributed by atoms with Gasteiger partial charge in [-0.3, -0.25) is 14.2 Å². The van der Waals surface area contributed by atoms with E-state index in [0.29, 0.717) is 27.6 Å². The summed E-state index contributed by atoms with van der Waals surface area (Å²) >= 11 is 8.27. The molecular weight excluding hydrogens is 445 g/mol. The molecule has 4 rings (SSSR count). The van der Waals surface area contributed by atoms with Crippen molar-refractivity contribution >= 4 is 56.5 Å². The predicted octanol–water partition coefficient (Wildman–Crippen LogP) is 5.03. The number of carbonyl (C=O) groups is 1. The van der Waals surface area contributed by atoms with Crippen LogP contribution in [0.1, 0.15) is 5.56 Å². The second-order valence-electron chi connectivity index (χ2n) is 6.37. The van der Waals surface area contributed by atoms with Crippen molar-refractivity contribution in [2.24, 2.45) is 0 Å². The van der Waals surface area contributed by atoms with E-state index in [2.05, 4.69) is 10.3 Å². The summed E-state index contributed by atoms with van der Waals surface area (Å²) < 4.78 is 15.4. The van der Waals surface area contributed by atoms with Crippen LogP contribution in [0.4, 0.5) is 10.1 Å². The zero-order valence-corrected chi connectivity index (χ0v) is 17.9. The molecule has 2 aromatic carbocycles. The molecule has 0 radical (unpaired) electrons. The predicted molar refractivity (Wildman–Crippen MR) is 120 cm³/mol. The Hall–Kier alpha value is -2.68. The van der Waals surface area contributed by atoms with Gasteiger partial charge in [-0.1, -0.05) is 53.7 Å². The average molecular weight is 460 g/mol. The number of halogens is 2. The number of rotatable bonds is 6. The first-order valence-electron chi connectivity index (χ1n) is 8.91. The number of hydrogen-bond acceptors (Lipinski definition) is 5. The van der Waals surface area contributed by atoms with E-state index in [4.69, 9.17) is 11.6 Å². The van der Waals surface area contributed by atoms with Gasteiger partial charge in [0.25, 0.3) is 5.56 Å². The first-order chi connectivity index (χ1) is 14.5. The topological polar surface area (TPSA) is 64.0 Å². The quantitative estimate of drug-likeness (QED) is 0.324. The molecule has 1 N–H and O–H groups in total. The van der Waals surface area contributed by atoms with Crippen molar-refractivity contribution in [2.45, 2.75) is 11.7 Å². The van der Waals surface area contributed by atoms with Gasteiger partial charge in [0.1, 0.15) is 10.5 Å². The molecule has 0 aliphatic rings. The van der Waals surface area contributed by atoms with Gasteiger partial charge in [-0.15, -0.1) is 11.3 Å². The summed E-state index contributed by atoms with van der Waals surface area (Å²) in [6.45, 7) is 0.359. The van der Waals surface area contributed by atoms with E-state index < -0.39 is 5.82 Å². The molecule has 0 spiro atoms. The highest BCUT2D eigenvalue weighted by Gasteiger charge is 2.15. The van der Waals surface area contributed by atoms with E-state index in [1.165, 1.54) is 41.3 Å². The van der Waals surface area contributed by atoms with Crippen LogP contribution in [0.2, 0.25) is 5.02 Å². The number of thioether (sulfide) groups is 1. The van der Waals surface area contributed by atoms with Crippen molar-refractivity contribution in [3.8, 4) is 0 Å². The van der Waals surface area contributed by atoms with Gasteiger partial charge in [-0.05, 0) is 35.2 Å². The van der Waals surface area contributed by atoms with Gasteiger partial charge < -0.3 is 5.32 Å². The van der Waals surface area contributed by atoms with Crippen LogP contribution in [0.3, 0.4) is 0 Å². The van der Waals surface area contributed by atoms with Gasteiger partial charge in [-0.25, -0.2) is 9.37 Å². The fraction of sp³-hybridized carbons (Fsp3) is 0.0952. The van der Waals surface area contributed by atoms with E-state index >= 15 is 0 Å². The molecule has 30 heavy (non-hydrogen) atoms. The van der Waals surface area contributed by atoms with Crippen LogP contribution in [0.15, 0.2) is 69.9 Å². The molecule has 0 bridgehead atoms. The maximum atomic E-state index is 13.3. The molecule has 152 valence electrons. The molecule has 0 saturated heterocycles. The van der Waals surface area contributed by atoms with Crippen molar-refractivity contribution in [2.75, 3.05) is 11.1 Å². The summed E-state index contributed by atoms with van der Waals surface area (Å²) in [4.78, 5) is 29.9. The number of hydrogen-bond donors (Lipinski definition) is 1. The highest BCUT2D eigenvalue weighted by Crippen LogP contribution is 2.23. The van der Waals surface area contributed by atoms with Crippen LogP contribution in [-0.2, 0) is 11.3 Å². The number of carbonyl (C=O) groups excluding carboxylic acids is 1. The van der Waals surface area contributed by atoms with Gasteiger partial charge in [-0.2, -0.15) is 0 Å². The van der Waals surface area contributed by atoms with E-state index in [0.717, 1.165) is 5.56 Å².